The van der Waals surface area contributed by atoms with Crippen LogP contribution in [-0.2, 0) is 28.8 Å². The van der Waals surface area contributed by atoms with Crippen molar-refractivity contribution in [2.75, 3.05) is 24.6 Å². The van der Waals surface area contributed by atoms with Crippen LogP contribution in [0.25, 0.3) is 0 Å². The Morgan fingerprint density at radius 2 is 1.42 bits per heavy atom. The van der Waals surface area contributed by atoms with Crippen LogP contribution in [0, 0.1) is 4.91 Å². The van der Waals surface area contributed by atoms with Gasteiger partial charge in [-0.25, -0.2) is 0 Å². The highest BCUT2D eigenvalue weighted by atomic mass is 32.2. The fourth-order valence-corrected chi connectivity index (χ4v) is 2.24. The van der Waals surface area contributed by atoms with Crippen LogP contribution < -0.4 is 27.4 Å². The SMILES string of the molecule is NC(CCC(=O)NC(CSN=O)C(=O)NCC(=O)O)C(=O)O.NC(CS)C(=O)NCC(=O)O. The first-order valence-corrected chi connectivity index (χ1v) is 10.5. The number of amides is 3. The van der Waals surface area contributed by atoms with Gasteiger partial charge in [-0.3, -0.25) is 28.8 Å². The normalized spacial score (nSPS) is 12.6. The molecule has 0 heterocycles. The van der Waals surface area contributed by atoms with E-state index in [1.54, 1.807) is 0 Å². The molecule has 0 aliphatic carbocycles. The van der Waals surface area contributed by atoms with Crippen LogP contribution in [0.3, 0.4) is 0 Å². The van der Waals surface area contributed by atoms with Crippen LogP contribution in [0.2, 0.25) is 0 Å². The van der Waals surface area contributed by atoms with Crippen LogP contribution in [0.15, 0.2) is 4.58 Å². The van der Waals surface area contributed by atoms with Crippen LogP contribution in [0.5, 0.6) is 0 Å². The smallest absolute Gasteiger partial charge is 0.322 e. The fraction of sp³-hybridized carbons (Fsp3) is 0.600. The molecule has 0 aromatic carbocycles. The fourth-order valence-electron chi connectivity index (χ4n) is 1.63. The quantitative estimate of drug-likeness (QED) is 0.0589. The molecule has 10 N–H and O–H groups in total. The Hall–Kier alpha value is -2.96. The number of hydrogen-bond donors (Lipinski definition) is 9. The van der Waals surface area contributed by atoms with E-state index in [-0.39, 0.29) is 24.3 Å². The lowest BCUT2D eigenvalue weighted by Crippen LogP contribution is -2.49. The first kappa shape index (κ1) is 32.2. The van der Waals surface area contributed by atoms with Crippen molar-refractivity contribution in [2.45, 2.75) is 31.0 Å². The van der Waals surface area contributed by atoms with E-state index >= 15 is 0 Å². The van der Waals surface area contributed by atoms with E-state index < -0.39 is 66.8 Å². The Morgan fingerprint density at radius 1 is 0.909 bits per heavy atom. The second-order valence-electron chi connectivity index (χ2n) is 5.99. The summed E-state index contributed by atoms with van der Waals surface area (Å²) in [6.45, 7) is -1.05. The molecule has 0 fully saturated rings. The molecule has 0 radical (unpaired) electrons. The van der Waals surface area contributed by atoms with Crippen molar-refractivity contribution in [1.29, 1.82) is 0 Å². The molecule has 188 valence electrons. The number of nitrogens with two attached hydrogens (primary N) is 2. The van der Waals surface area contributed by atoms with E-state index in [1.165, 1.54) is 0 Å². The van der Waals surface area contributed by atoms with E-state index in [0.717, 1.165) is 0 Å². The Morgan fingerprint density at radius 3 is 1.85 bits per heavy atom. The molecule has 0 saturated carbocycles. The summed E-state index contributed by atoms with van der Waals surface area (Å²) < 4.78 is 2.48. The van der Waals surface area contributed by atoms with Gasteiger partial charge in [0, 0.05) is 34.5 Å². The summed E-state index contributed by atoms with van der Waals surface area (Å²) in [5, 5.41) is 31.6. The number of nitrogens with one attached hydrogen (secondary N) is 3. The molecule has 18 heteroatoms. The Labute approximate surface area is 197 Å². The summed E-state index contributed by atoms with van der Waals surface area (Å²) >= 11 is 4.24. The Bertz CT molecular complexity index is 711. The average Bonchev–Trinajstić information content (AvgIpc) is 2.76. The molecule has 3 atom stereocenters. The van der Waals surface area contributed by atoms with E-state index in [1.807, 2.05) is 0 Å². The Kier molecular flexibility index (Phi) is 18.2. The number of carbonyl (C=O) groups excluding carboxylic acids is 3. The molecule has 0 aromatic rings. The molecule has 0 aliphatic rings. The zero-order chi connectivity index (χ0) is 26.0. The standard InChI is InChI=1S/C10H16N4O7S.C5H10N2O3S/c11-5(10(19)20)1-2-7(15)13-6(4-22-14-21)9(18)12-3-8(16)17;6-3(2-11)5(10)7-1-4(8)9/h5-6H,1-4,11H2,(H,12,18)(H,13,15)(H,16,17)(H,19,20);3,11H,1-2,6H2,(H,7,10)(H,8,9). The predicted molar refractivity (Wildman–Crippen MR) is 118 cm³/mol. The van der Waals surface area contributed by atoms with Crippen molar-refractivity contribution >= 4 is 60.2 Å². The summed E-state index contributed by atoms with van der Waals surface area (Å²) in [5.41, 5.74) is 10.5. The lowest BCUT2D eigenvalue weighted by Gasteiger charge is -2.16. The lowest BCUT2D eigenvalue weighted by molar-refractivity contribution is -0.139. The summed E-state index contributed by atoms with van der Waals surface area (Å²) in [6.07, 6.45) is -0.376. The molecule has 0 aromatic heterocycles. The summed E-state index contributed by atoms with van der Waals surface area (Å²) in [6, 6.07) is -3.12. The third-order valence-corrected chi connectivity index (χ3v) is 4.29. The maximum absolute atomic E-state index is 11.7. The zero-order valence-corrected chi connectivity index (χ0v) is 18.8. The number of nitroso groups, excluding NO2 is 1. The van der Waals surface area contributed by atoms with Gasteiger partial charge in [0.25, 0.3) is 0 Å². The van der Waals surface area contributed by atoms with Crippen molar-refractivity contribution in [3.05, 3.63) is 4.91 Å². The lowest BCUT2D eigenvalue weighted by atomic mass is 10.1. The molecular weight excluding hydrogens is 488 g/mol. The van der Waals surface area contributed by atoms with Crippen molar-refractivity contribution in [3.8, 4) is 0 Å². The highest BCUT2D eigenvalue weighted by Crippen LogP contribution is 2.05. The Balaban J connectivity index is 0. The number of aliphatic carboxylic acids is 3. The van der Waals surface area contributed by atoms with E-state index in [9.17, 15) is 33.7 Å². The van der Waals surface area contributed by atoms with Gasteiger partial charge in [-0.1, -0.05) is 0 Å². The van der Waals surface area contributed by atoms with Crippen molar-refractivity contribution in [1.82, 2.24) is 16.0 Å². The highest BCUT2D eigenvalue weighted by molar-refractivity contribution is 7.97. The number of carboxylic acids is 3. The third-order valence-electron chi connectivity index (χ3n) is 3.31. The molecule has 0 aliphatic heterocycles. The number of rotatable bonds is 15. The summed E-state index contributed by atoms with van der Waals surface area (Å²) in [5.74, 6) is -5.56. The highest BCUT2D eigenvalue weighted by Gasteiger charge is 2.22. The molecule has 3 unspecified atom stereocenters. The largest absolute Gasteiger partial charge is 0.480 e. The second-order valence-corrected chi connectivity index (χ2v) is 7.09. The first-order valence-electron chi connectivity index (χ1n) is 8.93. The molecule has 0 saturated heterocycles. The maximum atomic E-state index is 11.7. The number of carboxylic acid groups (broad SMARTS) is 3. The zero-order valence-electron chi connectivity index (χ0n) is 17.1. The predicted octanol–water partition coefficient (Wildman–Crippen LogP) is -3.28. The van der Waals surface area contributed by atoms with Gasteiger partial charge in [-0.05, 0) is 6.42 Å². The minimum Gasteiger partial charge on any atom is -0.480 e. The van der Waals surface area contributed by atoms with E-state index in [4.69, 9.17) is 26.8 Å². The molecule has 0 bridgehead atoms. The van der Waals surface area contributed by atoms with Crippen LogP contribution >= 0.6 is 24.6 Å². The molecule has 3 amide bonds. The van der Waals surface area contributed by atoms with Crippen molar-refractivity contribution in [3.63, 3.8) is 0 Å². The summed E-state index contributed by atoms with van der Waals surface area (Å²) in [7, 11) is 0. The number of carbonyl (C=O) groups is 6. The van der Waals surface area contributed by atoms with Crippen LogP contribution in [0.1, 0.15) is 12.8 Å². The van der Waals surface area contributed by atoms with Gasteiger partial charge >= 0.3 is 17.9 Å². The van der Waals surface area contributed by atoms with E-state index in [2.05, 4.69) is 33.2 Å². The van der Waals surface area contributed by atoms with Crippen molar-refractivity contribution in [2.24, 2.45) is 16.0 Å². The number of thiol groups is 1. The van der Waals surface area contributed by atoms with Gasteiger partial charge in [0.05, 0.1) is 6.04 Å². The molecular formula is C15H26N6O10S2. The molecule has 16 nitrogen and oxygen atoms in total. The molecule has 0 spiro atoms. The van der Waals surface area contributed by atoms with Crippen LogP contribution in [0.4, 0.5) is 0 Å². The minimum atomic E-state index is -1.27. The van der Waals surface area contributed by atoms with Gasteiger partial charge in [0.2, 0.25) is 17.7 Å². The maximum Gasteiger partial charge on any atom is 0.322 e. The molecule has 0 rings (SSSR count). The second kappa shape index (κ2) is 18.6. The van der Waals surface area contributed by atoms with Crippen molar-refractivity contribution < 1.29 is 44.1 Å². The van der Waals surface area contributed by atoms with Gasteiger partial charge in [-0.15, -0.1) is 4.91 Å². The van der Waals surface area contributed by atoms with Gasteiger partial charge in [0.15, 0.2) is 0 Å². The van der Waals surface area contributed by atoms with Gasteiger partial charge < -0.3 is 42.7 Å². The third kappa shape index (κ3) is 18.3. The number of hydrogen-bond acceptors (Lipinski definition) is 12. The van der Waals surface area contributed by atoms with Crippen LogP contribution in [-0.4, -0.2) is 93.7 Å². The summed E-state index contributed by atoms with van der Waals surface area (Å²) in [4.78, 5) is 74.9. The van der Waals surface area contributed by atoms with Gasteiger partial charge in [-0.2, -0.15) is 12.6 Å². The monoisotopic (exact) mass is 514 g/mol. The average molecular weight is 515 g/mol. The number of nitrogens with zero attached hydrogens (tertiary/aromatic N) is 1. The minimum absolute atomic E-state index is 0.135. The van der Waals surface area contributed by atoms with E-state index in [0.29, 0.717) is 11.9 Å². The molecule has 33 heavy (non-hydrogen) atoms. The first-order chi connectivity index (χ1) is 15.3. The van der Waals surface area contributed by atoms with Gasteiger partial charge in [0.1, 0.15) is 25.2 Å². The topological polar surface area (TPSA) is 281 Å².